The van der Waals surface area contributed by atoms with Crippen LogP contribution in [0.5, 0.6) is 5.75 Å². The van der Waals surface area contributed by atoms with Gasteiger partial charge in [-0.05, 0) is 17.9 Å². The Labute approximate surface area is 142 Å². The van der Waals surface area contributed by atoms with Crippen molar-refractivity contribution in [3.63, 3.8) is 0 Å². The predicted molar refractivity (Wildman–Crippen MR) is 92.1 cm³/mol. The van der Waals surface area contributed by atoms with Gasteiger partial charge in [0.25, 0.3) is 5.91 Å². The van der Waals surface area contributed by atoms with Crippen molar-refractivity contribution in [2.45, 2.75) is 33.3 Å². The summed E-state index contributed by atoms with van der Waals surface area (Å²) < 4.78 is 5.13. The average Bonchev–Trinajstić information content (AvgIpc) is 2.36. The fraction of sp³-hybridized carbons (Fsp3) is 0.533. The number of hydrogen-bond donors (Lipinski definition) is 3. The van der Waals surface area contributed by atoms with Gasteiger partial charge in [0.1, 0.15) is 5.75 Å². The number of carbonyl (C=O) groups excluding carboxylic acids is 1. The minimum Gasteiger partial charge on any atom is -0.496 e. The number of rotatable bonds is 5. The van der Waals surface area contributed by atoms with Crippen molar-refractivity contribution in [3.8, 4) is 5.75 Å². The summed E-state index contributed by atoms with van der Waals surface area (Å²) >= 11 is 5.93. The Bertz CT molecular complexity index is 516. The molecule has 0 bridgehead atoms. The Balaban J connectivity index is 0.00000441. The van der Waals surface area contributed by atoms with Crippen LogP contribution < -0.4 is 15.8 Å². The van der Waals surface area contributed by atoms with Crippen molar-refractivity contribution < 1.29 is 14.6 Å². The molecule has 4 N–H and O–H groups in total. The molecule has 126 valence electrons. The maximum atomic E-state index is 12.2. The quantitative estimate of drug-likeness (QED) is 0.712. The van der Waals surface area contributed by atoms with Crippen LogP contribution in [0.2, 0.25) is 5.02 Å². The normalized spacial score (nSPS) is 12.3. The molecule has 22 heavy (non-hydrogen) atoms. The van der Waals surface area contributed by atoms with Crippen molar-refractivity contribution >= 4 is 35.6 Å². The number of methoxy groups -OCH3 is 1. The van der Waals surface area contributed by atoms with Crippen LogP contribution in [0.3, 0.4) is 0 Å². The molecule has 1 aromatic carbocycles. The van der Waals surface area contributed by atoms with Crippen molar-refractivity contribution in [2.75, 3.05) is 19.4 Å². The molecule has 1 aromatic rings. The van der Waals surface area contributed by atoms with Gasteiger partial charge in [-0.1, -0.05) is 32.4 Å². The van der Waals surface area contributed by atoms with Crippen LogP contribution in [-0.4, -0.2) is 30.8 Å². The number of nitrogens with two attached hydrogens (primary N) is 1. The highest BCUT2D eigenvalue weighted by molar-refractivity contribution is 6.33. The van der Waals surface area contributed by atoms with Gasteiger partial charge in [-0.3, -0.25) is 4.79 Å². The van der Waals surface area contributed by atoms with Crippen LogP contribution in [0, 0.1) is 5.41 Å². The molecule has 0 radical (unpaired) electrons. The number of carbonyl (C=O) groups is 1. The molecule has 0 fully saturated rings. The second-order valence-electron chi connectivity index (χ2n) is 6.20. The van der Waals surface area contributed by atoms with E-state index in [1.165, 1.54) is 19.2 Å². The molecule has 0 spiro atoms. The maximum absolute atomic E-state index is 12.2. The Kier molecular flexibility index (Phi) is 8.01. The molecule has 0 aliphatic heterocycles. The van der Waals surface area contributed by atoms with Crippen molar-refractivity contribution in [1.82, 2.24) is 5.32 Å². The van der Waals surface area contributed by atoms with Crippen molar-refractivity contribution in [2.24, 2.45) is 5.41 Å². The largest absolute Gasteiger partial charge is 0.496 e. The maximum Gasteiger partial charge on any atom is 0.255 e. The number of ether oxygens (including phenoxy) is 1. The van der Waals surface area contributed by atoms with Gasteiger partial charge in [0.05, 0.1) is 29.5 Å². The second-order valence-corrected chi connectivity index (χ2v) is 6.61. The summed E-state index contributed by atoms with van der Waals surface area (Å²) in [5, 5.41) is 12.9. The lowest BCUT2D eigenvalue weighted by atomic mass is 9.89. The molecular formula is C15H24Cl2N2O3. The van der Waals surface area contributed by atoms with Gasteiger partial charge in [0, 0.05) is 12.6 Å². The molecule has 0 saturated heterocycles. The van der Waals surface area contributed by atoms with E-state index in [-0.39, 0.29) is 35.3 Å². The lowest BCUT2D eigenvalue weighted by molar-refractivity contribution is 0.0866. The summed E-state index contributed by atoms with van der Waals surface area (Å²) in [6.45, 7) is 6.25. The fourth-order valence-corrected chi connectivity index (χ4v) is 2.16. The van der Waals surface area contributed by atoms with Crippen LogP contribution in [0.4, 0.5) is 5.69 Å². The third-order valence-electron chi connectivity index (χ3n) is 2.91. The first kappa shape index (κ1) is 20.8. The van der Waals surface area contributed by atoms with E-state index >= 15 is 0 Å². The highest BCUT2D eigenvalue weighted by Crippen LogP contribution is 2.28. The molecule has 0 heterocycles. The van der Waals surface area contributed by atoms with Crippen LogP contribution in [0.15, 0.2) is 12.1 Å². The number of aliphatic hydroxyl groups is 1. The summed E-state index contributed by atoms with van der Waals surface area (Å²) in [5.41, 5.74) is 6.30. The number of nitrogens with one attached hydrogen (secondary N) is 1. The average molecular weight is 351 g/mol. The Hall–Kier alpha value is -1.17. The summed E-state index contributed by atoms with van der Waals surface area (Å²) in [6, 6.07) is 2.96. The smallest absolute Gasteiger partial charge is 0.255 e. The van der Waals surface area contributed by atoms with Gasteiger partial charge in [0.15, 0.2) is 0 Å². The minimum absolute atomic E-state index is 0. The zero-order valence-corrected chi connectivity index (χ0v) is 14.8. The van der Waals surface area contributed by atoms with E-state index in [2.05, 4.69) is 5.32 Å². The van der Waals surface area contributed by atoms with Gasteiger partial charge in [-0.2, -0.15) is 0 Å². The van der Waals surface area contributed by atoms with E-state index in [4.69, 9.17) is 22.1 Å². The minimum atomic E-state index is -0.607. The molecule has 7 heteroatoms. The SMILES string of the molecule is COc1cc(N)c(Cl)cc1C(=O)NCC(O)CC(C)(C)C.Cl. The molecule has 0 aromatic heterocycles. The number of halogens is 2. The van der Waals surface area contributed by atoms with Gasteiger partial charge in [0.2, 0.25) is 0 Å². The third kappa shape index (κ3) is 6.30. The van der Waals surface area contributed by atoms with E-state index < -0.39 is 6.10 Å². The second kappa shape index (κ2) is 8.46. The topological polar surface area (TPSA) is 84.6 Å². The van der Waals surface area contributed by atoms with Crippen LogP contribution >= 0.6 is 24.0 Å². The highest BCUT2D eigenvalue weighted by Gasteiger charge is 2.19. The predicted octanol–water partition coefficient (Wildman–Crippen LogP) is 2.88. The van der Waals surface area contributed by atoms with E-state index in [0.29, 0.717) is 23.4 Å². The molecule has 1 atom stereocenters. The molecular weight excluding hydrogens is 327 g/mol. The first-order valence-corrected chi connectivity index (χ1v) is 7.11. The molecule has 1 rings (SSSR count). The lowest BCUT2D eigenvalue weighted by Crippen LogP contribution is -2.34. The number of benzene rings is 1. The number of aliphatic hydroxyl groups excluding tert-OH is 1. The van der Waals surface area contributed by atoms with Crippen molar-refractivity contribution in [1.29, 1.82) is 0 Å². The molecule has 1 amide bonds. The van der Waals surface area contributed by atoms with Gasteiger partial charge in [-0.15, -0.1) is 12.4 Å². The number of amides is 1. The van der Waals surface area contributed by atoms with E-state index in [1.54, 1.807) is 0 Å². The number of anilines is 1. The lowest BCUT2D eigenvalue weighted by Gasteiger charge is -2.22. The molecule has 0 aliphatic carbocycles. The molecule has 1 unspecified atom stereocenters. The monoisotopic (exact) mass is 350 g/mol. The third-order valence-corrected chi connectivity index (χ3v) is 3.24. The van der Waals surface area contributed by atoms with E-state index in [9.17, 15) is 9.90 Å². The van der Waals surface area contributed by atoms with Crippen LogP contribution in [-0.2, 0) is 0 Å². The fourth-order valence-electron chi connectivity index (χ4n) is 2.00. The summed E-state index contributed by atoms with van der Waals surface area (Å²) in [6.07, 6.45) is -0.0170. The van der Waals surface area contributed by atoms with Crippen LogP contribution in [0.1, 0.15) is 37.6 Å². The van der Waals surface area contributed by atoms with E-state index in [0.717, 1.165) is 0 Å². The first-order valence-electron chi connectivity index (χ1n) is 6.73. The van der Waals surface area contributed by atoms with Crippen LogP contribution in [0.25, 0.3) is 0 Å². The first-order chi connectivity index (χ1) is 9.64. The zero-order valence-electron chi connectivity index (χ0n) is 13.3. The summed E-state index contributed by atoms with van der Waals surface area (Å²) in [5.74, 6) is -0.0126. The summed E-state index contributed by atoms with van der Waals surface area (Å²) in [4.78, 5) is 12.2. The Morgan fingerprint density at radius 3 is 2.55 bits per heavy atom. The van der Waals surface area contributed by atoms with E-state index in [1.807, 2.05) is 20.8 Å². The van der Waals surface area contributed by atoms with Gasteiger partial charge < -0.3 is 20.9 Å². The highest BCUT2D eigenvalue weighted by atomic mass is 35.5. The standard InChI is InChI=1S/C15H23ClN2O3.ClH/c1-15(2,3)7-9(19)8-18-14(20)10-5-11(16)12(17)6-13(10)21-4;/h5-6,9,19H,7-8,17H2,1-4H3,(H,18,20);1H. The molecule has 0 saturated carbocycles. The van der Waals surface area contributed by atoms with Gasteiger partial charge in [-0.25, -0.2) is 0 Å². The summed E-state index contributed by atoms with van der Waals surface area (Å²) in [7, 11) is 1.45. The number of nitrogen functional groups attached to an aromatic ring is 1. The van der Waals surface area contributed by atoms with Gasteiger partial charge >= 0.3 is 0 Å². The Morgan fingerprint density at radius 1 is 1.45 bits per heavy atom. The molecule has 0 aliphatic rings. The molecule has 5 nitrogen and oxygen atoms in total. The Morgan fingerprint density at radius 2 is 2.05 bits per heavy atom. The number of hydrogen-bond acceptors (Lipinski definition) is 4. The van der Waals surface area contributed by atoms with Crippen molar-refractivity contribution in [3.05, 3.63) is 22.7 Å². The zero-order chi connectivity index (χ0) is 16.2.